The average molecular weight is 327 g/mol. The second-order valence-electron chi connectivity index (χ2n) is 5.26. The summed E-state index contributed by atoms with van der Waals surface area (Å²) < 4.78 is 5.62. The van der Waals surface area contributed by atoms with Gasteiger partial charge in [-0.05, 0) is 43.2 Å². The molecule has 0 aliphatic rings. The van der Waals surface area contributed by atoms with E-state index in [-0.39, 0.29) is 5.89 Å². The number of fused-ring (bicyclic) bond motifs is 1. The third-order valence-corrected chi connectivity index (χ3v) is 3.81. The Labute approximate surface area is 138 Å². The van der Waals surface area contributed by atoms with Crippen LogP contribution in [0.1, 0.15) is 17.0 Å². The highest BCUT2D eigenvalue weighted by atomic mass is 35.5. The number of para-hydroxylation sites is 1. The van der Waals surface area contributed by atoms with Gasteiger partial charge in [0.25, 0.3) is 0 Å². The van der Waals surface area contributed by atoms with Gasteiger partial charge in [0.2, 0.25) is 5.89 Å². The summed E-state index contributed by atoms with van der Waals surface area (Å²) in [6.07, 6.45) is 2.32. The van der Waals surface area contributed by atoms with Gasteiger partial charge in [0, 0.05) is 16.9 Å². The lowest BCUT2D eigenvalue weighted by atomic mass is 10.1. The Morgan fingerprint density at radius 2 is 1.96 bits per heavy atom. The summed E-state index contributed by atoms with van der Waals surface area (Å²) in [6, 6.07) is 11.2. The molecule has 2 aromatic carbocycles. The van der Waals surface area contributed by atoms with E-state index >= 15 is 0 Å². The minimum Gasteiger partial charge on any atom is -0.436 e. The fraction of sp³-hybridized carbons (Fsp3) is 0.111. The second-order valence-corrected chi connectivity index (χ2v) is 5.70. The number of halogens is 1. The maximum atomic E-state index is 11.4. The molecule has 3 rings (SSSR count). The highest BCUT2D eigenvalue weighted by molar-refractivity contribution is 6.31. The van der Waals surface area contributed by atoms with Crippen molar-refractivity contribution in [2.24, 2.45) is 0 Å². The predicted octanol–water partition coefficient (Wildman–Crippen LogP) is 4.75. The zero-order valence-corrected chi connectivity index (χ0v) is 13.5. The topological polar surface area (TPSA) is 55.1 Å². The monoisotopic (exact) mass is 326 g/mol. The van der Waals surface area contributed by atoms with E-state index in [1.165, 1.54) is 0 Å². The number of aryl methyl sites for hydroxylation is 2. The van der Waals surface area contributed by atoms with E-state index < -0.39 is 0 Å². The van der Waals surface area contributed by atoms with Crippen LogP contribution in [-0.4, -0.2) is 11.3 Å². The van der Waals surface area contributed by atoms with Crippen molar-refractivity contribution in [3.05, 3.63) is 64.6 Å². The van der Waals surface area contributed by atoms with Crippen molar-refractivity contribution in [3.63, 3.8) is 0 Å². The first-order valence-corrected chi connectivity index (χ1v) is 7.51. The number of carbonyl (C=O) groups is 1. The van der Waals surface area contributed by atoms with Crippen molar-refractivity contribution in [3.8, 4) is 0 Å². The summed E-state index contributed by atoms with van der Waals surface area (Å²) in [7, 11) is 0. The smallest absolute Gasteiger partial charge is 0.232 e. The number of aldehydes is 1. The standard InChI is InChI=1S/C18H15ClN2O2/c1-11-4-3-5-12(2)17(11)20-9-13(10-22)18-21-15-8-14(19)6-7-16(15)23-18/h3-10,20H,1-2H3. The summed E-state index contributed by atoms with van der Waals surface area (Å²) in [4.78, 5) is 15.7. The number of benzene rings is 2. The maximum Gasteiger partial charge on any atom is 0.232 e. The molecule has 1 aromatic heterocycles. The summed E-state index contributed by atoms with van der Waals surface area (Å²) in [5.41, 5.74) is 4.69. The number of nitrogens with one attached hydrogen (secondary N) is 1. The molecule has 116 valence electrons. The third-order valence-electron chi connectivity index (χ3n) is 3.58. The van der Waals surface area contributed by atoms with Gasteiger partial charge in [-0.25, -0.2) is 4.98 Å². The van der Waals surface area contributed by atoms with Crippen LogP contribution in [0.2, 0.25) is 5.02 Å². The number of allylic oxidation sites excluding steroid dienone is 1. The van der Waals surface area contributed by atoms with Crippen LogP contribution in [0.4, 0.5) is 5.69 Å². The van der Waals surface area contributed by atoms with Crippen molar-refractivity contribution >= 4 is 40.2 Å². The molecule has 0 saturated carbocycles. The lowest BCUT2D eigenvalue weighted by molar-refractivity contribution is -0.103. The van der Waals surface area contributed by atoms with Crippen molar-refractivity contribution in [2.75, 3.05) is 5.32 Å². The Morgan fingerprint density at radius 1 is 1.22 bits per heavy atom. The predicted molar refractivity (Wildman–Crippen MR) is 92.6 cm³/mol. The number of nitrogens with zero attached hydrogens (tertiary/aromatic N) is 1. The van der Waals surface area contributed by atoms with Crippen LogP contribution in [0.3, 0.4) is 0 Å². The number of hydrogen-bond acceptors (Lipinski definition) is 4. The Morgan fingerprint density at radius 3 is 2.65 bits per heavy atom. The molecule has 0 aliphatic carbocycles. The number of oxazole rings is 1. The van der Waals surface area contributed by atoms with E-state index in [0.717, 1.165) is 16.8 Å². The Hall–Kier alpha value is -2.59. The van der Waals surface area contributed by atoms with E-state index in [4.69, 9.17) is 16.0 Å². The second kappa shape index (κ2) is 6.26. The van der Waals surface area contributed by atoms with E-state index in [2.05, 4.69) is 10.3 Å². The highest BCUT2D eigenvalue weighted by Gasteiger charge is 2.11. The fourth-order valence-corrected chi connectivity index (χ4v) is 2.53. The Balaban J connectivity index is 1.96. The quantitative estimate of drug-likeness (QED) is 0.555. The lowest BCUT2D eigenvalue weighted by Gasteiger charge is -2.09. The molecule has 5 heteroatoms. The average Bonchev–Trinajstić information content (AvgIpc) is 2.93. The van der Waals surface area contributed by atoms with Crippen LogP contribution < -0.4 is 5.32 Å². The van der Waals surface area contributed by atoms with E-state index in [1.54, 1.807) is 24.4 Å². The molecule has 0 unspecified atom stereocenters. The Bertz CT molecular complexity index is 892. The number of aromatic nitrogens is 1. The normalized spacial score (nSPS) is 11.7. The first-order chi connectivity index (χ1) is 11.1. The maximum absolute atomic E-state index is 11.4. The van der Waals surface area contributed by atoms with Gasteiger partial charge in [0.05, 0.1) is 5.57 Å². The van der Waals surface area contributed by atoms with Gasteiger partial charge in [0.15, 0.2) is 11.9 Å². The molecule has 1 heterocycles. The first kappa shape index (κ1) is 15.3. The molecular formula is C18H15ClN2O2. The molecule has 0 fully saturated rings. The molecule has 1 N–H and O–H groups in total. The number of anilines is 1. The molecule has 0 amide bonds. The van der Waals surface area contributed by atoms with Gasteiger partial charge in [-0.2, -0.15) is 0 Å². The van der Waals surface area contributed by atoms with Crippen molar-refractivity contribution < 1.29 is 9.21 Å². The molecule has 4 nitrogen and oxygen atoms in total. The molecule has 23 heavy (non-hydrogen) atoms. The van der Waals surface area contributed by atoms with Crippen LogP contribution in [0.25, 0.3) is 16.7 Å². The third kappa shape index (κ3) is 3.12. The van der Waals surface area contributed by atoms with Crippen LogP contribution >= 0.6 is 11.6 Å². The van der Waals surface area contributed by atoms with Crippen LogP contribution in [-0.2, 0) is 4.79 Å². The zero-order chi connectivity index (χ0) is 16.4. The van der Waals surface area contributed by atoms with Crippen LogP contribution in [0, 0.1) is 13.8 Å². The van der Waals surface area contributed by atoms with Gasteiger partial charge < -0.3 is 9.73 Å². The molecule has 3 aromatic rings. The molecule has 0 saturated heterocycles. The molecule has 0 spiro atoms. The highest BCUT2D eigenvalue weighted by Crippen LogP contribution is 2.24. The number of hydrogen-bond donors (Lipinski definition) is 1. The SMILES string of the molecule is Cc1cccc(C)c1NC=C(C=O)c1nc2cc(Cl)ccc2o1. The van der Waals surface area contributed by atoms with Gasteiger partial charge in [-0.3, -0.25) is 4.79 Å². The summed E-state index contributed by atoms with van der Waals surface area (Å²) in [6.45, 7) is 4.01. The van der Waals surface area contributed by atoms with Crippen molar-refractivity contribution in [2.45, 2.75) is 13.8 Å². The zero-order valence-electron chi connectivity index (χ0n) is 12.8. The van der Waals surface area contributed by atoms with Gasteiger partial charge >= 0.3 is 0 Å². The van der Waals surface area contributed by atoms with E-state index in [0.29, 0.717) is 28.0 Å². The van der Waals surface area contributed by atoms with Crippen LogP contribution in [0.5, 0.6) is 0 Å². The molecule has 0 radical (unpaired) electrons. The molecular weight excluding hydrogens is 312 g/mol. The van der Waals surface area contributed by atoms with Crippen LogP contribution in [0.15, 0.2) is 47.0 Å². The minimum atomic E-state index is 0.260. The van der Waals surface area contributed by atoms with Gasteiger partial charge in [-0.15, -0.1) is 0 Å². The Kier molecular flexibility index (Phi) is 4.17. The number of carbonyl (C=O) groups excluding carboxylic acids is 1. The van der Waals surface area contributed by atoms with E-state index in [1.807, 2.05) is 32.0 Å². The molecule has 0 atom stereocenters. The van der Waals surface area contributed by atoms with Gasteiger partial charge in [0.1, 0.15) is 5.52 Å². The van der Waals surface area contributed by atoms with Crippen molar-refractivity contribution in [1.82, 2.24) is 4.98 Å². The molecule has 0 aliphatic heterocycles. The summed E-state index contributed by atoms with van der Waals surface area (Å²) in [5, 5.41) is 3.74. The largest absolute Gasteiger partial charge is 0.436 e. The lowest BCUT2D eigenvalue weighted by Crippen LogP contribution is -1.97. The number of rotatable bonds is 4. The van der Waals surface area contributed by atoms with Gasteiger partial charge in [-0.1, -0.05) is 29.8 Å². The minimum absolute atomic E-state index is 0.260. The first-order valence-electron chi connectivity index (χ1n) is 7.13. The summed E-state index contributed by atoms with van der Waals surface area (Å²) in [5.74, 6) is 0.260. The molecule has 0 bridgehead atoms. The fourth-order valence-electron chi connectivity index (χ4n) is 2.36. The van der Waals surface area contributed by atoms with E-state index in [9.17, 15) is 4.79 Å². The van der Waals surface area contributed by atoms with Crippen molar-refractivity contribution in [1.29, 1.82) is 0 Å². The summed E-state index contributed by atoms with van der Waals surface area (Å²) >= 11 is 5.94.